The van der Waals surface area contributed by atoms with Crippen LogP contribution in [0.5, 0.6) is 5.88 Å². The van der Waals surface area contributed by atoms with Gasteiger partial charge in [-0.3, -0.25) is 0 Å². The van der Waals surface area contributed by atoms with Gasteiger partial charge in [0.1, 0.15) is 23.7 Å². The van der Waals surface area contributed by atoms with E-state index in [1.54, 1.807) is 13.1 Å². The lowest BCUT2D eigenvalue weighted by atomic mass is 9.84. The van der Waals surface area contributed by atoms with Crippen molar-refractivity contribution in [3.05, 3.63) is 47.2 Å². The molecule has 0 aromatic carbocycles. The first-order chi connectivity index (χ1) is 14.2. The molecule has 1 aliphatic rings. The van der Waals surface area contributed by atoms with Crippen molar-refractivity contribution < 1.29 is 23.0 Å². The van der Waals surface area contributed by atoms with Crippen LogP contribution in [0.15, 0.2) is 24.4 Å². The normalized spacial score (nSPS) is 17.5. The molecule has 1 fully saturated rings. The molecule has 0 saturated carbocycles. The topological polar surface area (TPSA) is 80.2 Å². The molecule has 1 saturated heterocycles. The predicted octanol–water partition coefficient (Wildman–Crippen LogP) is 3.56. The highest BCUT2D eigenvalue weighted by atomic mass is 35.5. The maximum Gasteiger partial charge on any atom is 0.433 e. The summed E-state index contributed by atoms with van der Waals surface area (Å²) >= 11 is 5.94. The Hall–Kier alpha value is -1.97. The summed E-state index contributed by atoms with van der Waals surface area (Å²) in [6.07, 6.45) is -1.18. The van der Waals surface area contributed by atoms with Gasteiger partial charge in [-0.2, -0.15) is 13.2 Å². The zero-order valence-electron chi connectivity index (χ0n) is 16.5. The first-order valence-corrected chi connectivity index (χ1v) is 10.3. The number of aryl methyl sites for hydroxylation is 1. The summed E-state index contributed by atoms with van der Waals surface area (Å²) < 4.78 is 44.3. The summed E-state index contributed by atoms with van der Waals surface area (Å²) in [6.45, 7) is 3.13. The summed E-state index contributed by atoms with van der Waals surface area (Å²) in [5, 5.41) is 14.7. The van der Waals surface area contributed by atoms with Crippen molar-refractivity contribution in [3.63, 3.8) is 0 Å². The lowest BCUT2D eigenvalue weighted by Gasteiger charge is -2.32. The SMILES string of the molecule is Cc1ncc(C(O)(CCCl)COc2cccc(C(F)(F)F)n2)c(C2CCNCC2)n1. The molecule has 3 rings (SSSR count). The van der Waals surface area contributed by atoms with Crippen LogP contribution in [0.25, 0.3) is 0 Å². The van der Waals surface area contributed by atoms with Gasteiger partial charge >= 0.3 is 6.18 Å². The molecule has 6 nitrogen and oxygen atoms in total. The number of halogens is 4. The van der Waals surface area contributed by atoms with Crippen LogP contribution in [0.3, 0.4) is 0 Å². The third kappa shape index (κ3) is 5.39. The molecule has 1 atom stereocenters. The van der Waals surface area contributed by atoms with E-state index in [0.29, 0.717) is 11.4 Å². The first kappa shape index (κ1) is 22.7. The Labute approximate surface area is 177 Å². The van der Waals surface area contributed by atoms with Gasteiger partial charge in [-0.15, -0.1) is 11.6 Å². The predicted molar refractivity (Wildman–Crippen MR) is 106 cm³/mol. The van der Waals surface area contributed by atoms with Crippen molar-refractivity contribution in [2.24, 2.45) is 0 Å². The second-order valence-corrected chi connectivity index (χ2v) is 7.74. The molecule has 3 heterocycles. The lowest BCUT2D eigenvalue weighted by Crippen LogP contribution is -2.37. The molecule has 0 bridgehead atoms. The molecule has 2 aromatic rings. The number of pyridine rings is 1. The van der Waals surface area contributed by atoms with E-state index in [0.717, 1.165) is 37.7 Å². The van der Waals surface area contributed by atoms with Gasteiger partial charge in [-0.25, -0.2) is 15.0 Å². The number of alkyl halides is 4. The van der Waals surface area contributed by atoms with Gasteiger partial charge in [-0.05, 0) is 45.3 Å². The molecule has 0 radical (unpaired) electrons. The highest BCUT2D eigenvalue weighted by Gasteiger charge is 2.37. The minimum absolute atomic E-state index is 0.120. The van der Waals surface area contributed by atoms with E-state index in [9.17, 15) is 18.3 Å². The molecule has 2 aromatic heterocycles. The van der Waals surface area contributed by atoms with Gasteiger partial charge in [0, 0.05) is 29.6 Å². The van der Waals surface area contributed by atoms with E-state index >= 15 is 0 Å². The quantitative estimate of drug-likeness (QED) is 0.636. The van der Waals surface area contributed by atoms with Crippen LogP contribution in [0.4, 0.5) is 13.2 Å². The summed E-state index contributed by atoms with van der Waals surface area (Å²) in [5.41, 5.74) is -1.40. The van der Waals surface area contributed by atoms with Crippen LogP contribution in [0.2, 0.25) is 0 Å². The fourth-order valence-electron chi connectivity index (χ4n) is 3.54. The van der Waals surface area contributed by atoms with Crippen LogP contribution in [-0.2, 0) is 11.8 Å². The highest BCUT2D eigenvalue weighted by Crippen LogP contribution is 2.35. The number of aliphatic hydroxyl groups is 1. The summed E-state index contributed by atoms with van der Waals surface area (Å²) in [7, 11) is 0. The second-order valence-electron chi connectivity index (χ2n) is 7.36. The smallest absolute Gasteiger partial charge is 0.433 e. The van der Waals surface area contributed by atoms with Crippen molar-refractivity contribution in [3.8, 4) is 5.88 Å². The molecule has 30 heavy (non-hydrogen) atoms. The monoisotopic (exact) mass is 444 g/mol. The maximum atomic E-state index is 12.9. The highest BCUT2D eigenvalue weighted by molar-refractivity contribution is 6.17. The number of nitrogens with one attached hydrogen (secondary N) is 1. The molecular formula is C20H24ClF3N4O2. The number of aromatic nitrogens is 3. The Bertz CT molecular complexity index is 862. The fraction of sp³-hybridized carbons (Fsp3) is 0.550. The van der Waals surface area contributed by atoms with Crippen molar-refractivity contribution in [1.29, 1.82) is 0 Å². The average Bonchev–Trinajstić information content (AvgIpc) is 2.73. The van der Waals surface area contributed by atoms with Gasteiger partial charge in [0.25, 0.3) is 0 Å². The zero-order chi connectivity index (χ0) is 21.8. The standard InChI is InChI=1S/C20H24ClF3N4O2/c1-13-26-11-15(18(27-13)14-5-9-25-10-6-14)19(29,7-8-21)12-30-17-4-2-3-16(28-17)20(22,23)24/h2-4,11,14,25,29H,5-10,12H2,1H3. The Morgan fingerprint density at radius 2 is 1.97 bits per heavy atom. The van der Waals surface area contributed by atoms with Crippen LogP contribution in [0.1, 0.15) is 48.0 Å². The van der Waals surface area contributed by atoms with Crippen LogP contribution >= 0.6 is 11.6 Å². The molecular weight excluding hydrogens is 421 g/mol. The first-order valence-electron chi connectivity index (χ1n) is 9.73. The largest absolute Gasteiger partial charge is 0.474 e. The number of nitrogens with zero attached hydrogens (tertiary/aromatic N) is 3. The van der Waals surface area contributed by atoms with Gasteiger partial charge in [-0.1, -0.05) is 6.07 Å². The Balaban J connectivity index is 1.89. The van der Waals surface area contributed by atoms with Crippen molar-refractivity contribution in [2.45, 2.75) is 43.9 Å². The molecule has 2 N–H and O–H groups in total. The van der Waals surface area contributed by atoms with Crippen molar-refractivity contribution in [2.75, 3.05) is 25.6 Å². The van der Waals surface area contributed by atoms with Gasteiger partial charge < -0.3 is 15.2 Å². The zero-order valence-corrected chi connectivity index (χ0v) is 17.3. The number of rotatable bonds is 7. The number of piperidine rings is 1. The third-order valence-corrected chi connectivity index (χ3v) is 5.34. The molecule has 0 aliphatic carbocycles. The molecule has 0 amide bonds. The summed E-state index contributed by atoms with van der Waals surface area (Å²) in [5.74, 6) is 0.613. The van der Waals surface area contributed by atoms with E-state index < -0.39 is 17.5 Å². The van der Waals surface area contributed by atoms with E-state index in [-0.39, 0.29) is 30.7 Å². The van der Waals surface area contributed by atoms with Gasteiger partial charge in [0.15, 0.2) is 0 Å². The Morgan fingerprint density at radius 1 is 1.23 bits per heavy atom. The summed E-state index contributed by atoms with van der Waals surface area (Å²) in [6, 6.07) is 3.39. The average molecular weight is 445 g/mol. The third-order valence-electron chi connectivity index (χ3n) is 5.15. The second kappa shape index (κ2) is 9.45. The number of hydrogen-bond acceptors (Lipinski definition) is 6. The van der Waals surface area contributed by atoms with Gasteiger partial charge in [0.2, 0.25) is 5.88 Å². The number of ether oxygens (including phenoxy) is 1. The van der Waals surface area contributed by atoms with Crippen molar-refractivity contribution in [1.82, 2.24) is 20.3 Å². The Kier molecular flexibility index (Phi) is 7.15. The van der Waals surface area contributed by atoms with E-state index in [1.807, 2.05) is 0 Å². The van der Waals surface area contributed by atoms with Crippen LogP contribution in [-0.4, -0.2) is 45.6 Å². The Morgan fingerprint density at radius 3 is 2.63 bits per heavy atom. The summed E-state index contributed by atoms with van der Waals surface area (Å²) in [4.78, 5) is 12.3. The van der Waals surface area contributed by atoms with Crippen molar-refractivity contribution >= 4 is 11.6 Å². The molecule has 164 valence electrons. The van der Waals surface area contributed by atoms with E-state index in [2.05, 4.69) is 20.3 Å². The molecule has 0 spiro atoms. The minimum atomic E-state index is -4.58. The molecule has 10 heteroatoms. The maximum absolute atomic E-state index is 12.9. The number of hydrogen-bond donors (Lipinski definition) is 2. The van der Waals surface area contributed by atoms with Crippen LogP contribution < -0.4 is 10.1 Å². The van der Waals surface area contributed by atoms with Crippen LogP contribution in [0, 0.1) is 6.92 Å². The van der Waals surface area contributed by atoms with E-state index in [1.165, 1.54) is 12.1 Å². The fourth-order valence-corrected chi connectivity index (χ4v) is 3.85. The minimum Gasteiger partial charge on any atom is -0.474 e. The molecule has 1 aliphatic heterocycles. The van der Waals surface area contributed by atoms with Gasteiger partial charge in [0.05, 0.1) is 5.69 Å². The van der Waals surface area contributed by atoms with E-state index in [4.69, 9.17) is 16.3 Å². The lowest BCUT2D eigenvalue weighted by molar-refractivity contribution is -0.141. The molecule has 1 unspecified atom stereocenters.